The summed E-state index contributed by atoms with van der Waals surface area (Å²) < 4.78 is 28.1. The maximum Gasteiger partial charge on any atom is 0.260 e. The third kappa shape index (κ3) is 5.33. The van der Waals surface area contributed by atoms with Crippen LogP contribution in [-0.4, -0.2) is 50.9 Å². The predicted octanol–water partition coefficient (Wildman–Crippen LogP) is 1.66. The molecule has 6 heteroatoms. The summed E-state index contributed by atoms with van der Waals surface area (Å²) in [4.78, 5) is 13.9. The van der Waals surface area contributed by atoms with Crippen LogP contribution in [-0.2, 0) is 14.6 Å². The van der Waals surface area contributed by atoms with Gasteiger partial charge in [-0.05, 0) is 37.8 Å². The van der Waals surface area contributed by atoms with Gasteiger partial charge < -0.3 is 9.64 Å². The Kier molecular flexibility index (Phi) is 5.45. The molecule has 0 spiro atoms. The molecule has 0 bridgehead atoms. The quantitative estimate of drug-likeness (QED) is 0.826. The van der Waals surface area contributed by atoms with Gasteiger partial charge in [0.25, 0.3) is 5.91 Å². The fraction of sp³-hybridized carbons (Fsp3) is 0.562. The van der Waals surface area contributed by atoms with Crippen molar-refractivity contribution in [2.75, 3.05) is 31.7 Å². The second kappa shape index (κ2) is 7.13. The third-order valence-corrected chi connectivity index (χ3v) is 4.97. The maximum absolute atomic E-state index is 12.1. The fourth-order valence-electron chi connectivity index (χ4n) is 2.65. The minimum Gasteiger partial charge on any atom is -0.484 e. The van der Waals surface area contributed by atoms with Gasteiger partial charge in [0.2, 0.25) is 0 Å². The molecular formula is C16H23NO4S. The smallest absolute Gasteiger partial charge is 0.260 e. The summed E-state index contributed by atoms with van der Waals surface area (Å²) in [6.45, 7) is 3.24. The Bertz CT molecular complexity index is 602. The molecule has 1 aromatic carbocycles. The highest BCUT2D eigenvalue weighted by atomic mass is 32.2. The van der Waals surface area contributed by atoms with E-state index < -0.39 is 9.84 Å². The molecule has 1 aliphatic heterocycles. The summed E-state index contributed by atoms with van der Waals surface area (Å²) in [5.41, 5.74) is 1.15. The van der Waals surface area contributed by atoms with E-state index in [-0.39, 0.29) is 24.2 Å². The van der Waals surface area contributed by atoms with Gasteiger partial charge in [0.1, 0.15) is 15.6 Å². The Morgan fingerprint density at radius 3 is 2.36 bits per heavy atom. The second-order valence-electron chi connectivity index (χ2n) is 6.02. The molecule has 22 heavy (non-hydrogen) atoms. The van der Waals surface area contributed by atoms with Crippen molar-refractivity contribution in [2.45, 2.75) is 19.8 Å². The van der Waals surface area contributed by atoms with Crippen LogP contribution in [0.5, 0.6) is 5.75 Å². The number of benzene rings is 1. The summed E-state index contributed by atoms with van der Waals surface area (Å²) in [5.74, 6) is 1.02. The highest BCUT2D eigenvalue weighted by Gasteiger charge is 2.25. The molecule has 1 saturated heterocycles. The first-order chi connectivity index (χ1) is 10.3. The maximum atomic E-state index is 12.1. The Balaban J connectivity index is 1.76. The highest BCUT2D eigenvalue weighted by Crippen LogP contribution is 2.19. The third-order valence-electron chi connectivity index (χ3n) is 3.89. The van der Waals surface area contributed by atoms with Crippen molar-refractivity contribution in [3.8, 4) is 5.75 Å². The van der Waals surface area contributed by atoms with Gasteiger partial charge in [-0.15, -0.1) is 0 Å². The number of piperidine rings is 1. The molecule has 1 aromatic rings. The largest absolute Gasteiger partial charge is 0.484 e. The SMILES string of the molecule is Cc1ccc(OCC(=O)N2CCC(CS(C)(=O)=O)CC2)cc1. The van der Waals surface area contributed by atoms with Crippen molar-refractivity contribution in [3.63, 3.8) is 0 Å². The molecule has 1 fully saturated rings. The number of amides is 1. The highest BCUT2D eigenvalue weighted by molar-refractivity contribution is 7.90. The molecule has 2 rings (SSSR count). The minimum atomic E-state index is -2.94. The molecule has 1 aliphatic rings. The minimum absolute atomic E-state index is 0.0276. The molecule has 0 N–H and O–H groups in total. The standard InChI is InChI=1S/C16H23NO4S/c1-13-3-5-15(6-4-13)21-11-16(18)17-9-7-14(8-10-17)12-22(2,19)20/h3-6,14H,7-12H2,1-2H3. The van der Waals surface area contributed by atoms with E-state index in [1.165, 1.54) is 6.26 Å². The average molecular weight is 325 g/mol. The van der Waals surface area contributed by atoms with E-state index in [9.17, 15) is 13.2 Å². The zero-order chi connectivity index (χ0) is 16.2. The molecule has 0 unspecified atom stereocenters. The van der Waals surface area contributed by atoms with E-state index in [1.807, 2.05) is 31.2 Å². The van der Waals surface area contributed by atoms with Crippen LogP contribution in [0.1, 0.15) is 18.4 Å². The first-order valence-corrected chi connectivity index (χ1v) is 9.54. The molecular weight excluding hydrogens is 302 g/mol. The van der Waals surface area contributed by atoms with Crippen LogP contribution in [0.2, 0.25) is 0 Å². The molecule has 0 atom stereocenters. The van der Waals surface area contributed by atoms with Crippen LogP contribution in [0.4, 0.5) is 0 Å². The van der Waals surface area contributed by atoms with Gasteiger partial charge in [0.05, 0.1) is 5.75 Å². The lowest BCUT2D eigenvalue weighted by atomic mass is 9.99. The van der Waals surface area contributed by atoms with E-state index in [0.717, 1.165) is 18.4 Å². The molecule has 0 saturated carbocycles. The number of likely N-dealkylation sites (tertiary alicyclic amines) is 1. The summed E-state index contributed by atoms with van der Waals surface area (Å²) in [7, 11) is -2.94. The van der Waals surface area contributed by atoms with Gasteiger partial charge in [0.15, 0.2) is 6.61 Å². The number of sulfone groups is 1. The molecule has 122 valence electrons. The lowest BCUT2D eigenvalue weighted by Crippen LogP contribution is -2.42. The molecule has 5 nitrogen and oxygen atoms in total. The molecule has 1 amide bonds. The van der Waals surface area contributed by atoms with E-state index in [2.05, 4.69) is 0 Å². The predicted molar refractivity (Wildman–Crippen MR) is 85.7 cm³/mol. The zero-order valence-corrected chi connectivity index (χ0v) is 13.9. The lowest BCUT2D eigenvalue weighted by molar-refractivity contribution is -0.134. The number of nitrogens with zero attached hydrogens (tertiary/aromatic N) is 1. The fourth-order valence-corrected chi connectivity index (χ4v) is 3.84. The Morgan fingerprint density at radius 1 is 1.23 bits per heavy atom. The number of hydrogen-bond acceptors (Lipinski definition) is 4. The molecule has 0 radical (unpaired) electrons. The Hall–Kier alpha value is -1.56. The Labute approximate surface area is 132 Å². The number of rotatable bonds is 5. The summed E-state index contributed by atoms with van der Waals surface area (Å²) >= 11 is 0. The topological polar surface area (TPSA) is 63.7 Å². The zero-order valence-electron chi connectivity index (χ0n) is 13.1. The van der Waals surface area contributed by atoms with Gasteiger partial charge in [-0.2, -0.15) is 0 Å². The first-order valence-electron chi connectivity index (χ1n) is 7.48. The van der Waals surface area contributed by atoms with Gasteiger partial charge in [-0.1, -0.05) is 17.7 Å². The first kappa shape index (κ1) is 16.8. The van der Waals surface area contributed by atoms with Crippen LogP contribution in [0, 0.1) is 12.8 Å². The molecule has 0 aromatic heterocycles. The van der Waals surface area contributed by atoms with Crippen LogP contribution < -0.4 is 4.74 Å². The van der Waals surface area contributed by atoms with Gasteiger partial charge in [-0.25, -0.2) is 8.42 Å². The van der Waals surface area contributed by atoms with Crippen molar-refractivity contribution in [3.05, 3.63) is 29.8 Å². The number of aryl methyl sites for hydroxylation is 1. The summed E-state index contributed by atoms with van der Waals surface area (Å²) in [6.07, 6.45) is 2.74. The van der Waals surface area contributed by atoms with Crippen molar-refractivity contribution in [2.24, 2.45) is 5.92 Å². The number of ether oxygens (including phenoxy) is 1. The van der Waals surface area contributed by atoms with Crippen molar-refractivity contribution in [1.29, 1.82) is 0 Å². The lowest BCUT2D eigenvalue weighted by Gasteiger charge is -2.31. The van der Waals surface area contributed by atoms with E-state index in [0.29, 0.717) is 18.8 Å². The van der Waals surface area contributed by atoms with Crippen molar-refractivity contribution in [1.82, 2.24) is 4.90 Å². The van der Waals surface area contributed by atoms with Crippen LogP contribution in [0.15, 0.2) is 24.3 Å². The molecule has 0 aliphatic carbocycles. The van der Waals surface area contributed by atoms with Crippen molar-refractivity contribution >= 4 is 15.7 Å². The van der Waals surface area contributed by atoms with Gasteiger partial charge >= 0.3 is 0 Å². The molecule has 1 heterocycles. The number of hydrogen-bond donors (Lipinski definition) is 0. The monoisotopic (exact) mass is 325 g/mol. The van der Waals surface area contributed by atoms with Crippen LogP contribution >= 0.6 is 0 Å². The van der Waals surface area contributed by atoms with E-state index in [4.69, 9.17) is 4.74 Å². The normalized spacial score (nSPS) is 16.5. The summed E-state index contributed by atoms with van der Waals surface area (Å²) in [5, 5.41) is 0. The number of carbonyl (C=O) groups is 1. The van der Waals surface area contributed by atoms with Gasteiger partial charge in [-0.3, -0.25) is 4.79 Å². The summed E-state index contributed by atoms with van der Waals surface area (Å²) in [6, 6.07) is 7.58. The van der Waals surface area contributed by atoms with Gasteiger partial charge in [0, 0.05) is 19.3 Å². The average Bonchev–Trinajstić information content (AvgIpc) is 2.45. The van der Waals surface area contributed by atoms with Crippen molar-refractivity contribution < 1.29 is 17.9 Å². The second-order valence-corrected chi connectivity index (χ2v) is 8.20. The Morgan fingerprint density at radius 2 is 1.82 bits per heavy atom. The van der Waals surface area contributed by atoms with Crippen LogP contribution in [0.3, 0.4) is 0 Å². The van der Waals surface area contributed by atoms with Crippen LogP contribution in [0.25, 0.3) is 0 Å². The number of carbonyl (C=O) groups excluding carboxylic acids is 1. The van der Waals surface area contributed by atoms with E-state index >= 15 is 0 Å². The van der Waals surface area contributed by atoms with E-state index in [1.54, 1.807) is 4.90 Å².